The zero-order valence-corrected chi connectivity index (χ0v) is 11.5. The molecular formula is C6H14F3O7PS. The first kappa shape index (κ1) is 20.1. The van der Waals surface area contributed by atoms with Crippen molar-refractivity contribution in [1.82, 2.24) is 0 Å². The molecule has 0 unspecified atom stereocenters. The fourth-order valence-corrected chi connectivity index (χ4v) is 1.37. The number of rotatable bonds is 5. The highest BCUT2D eigenvalue weighted by Gasteiger charge is 2.46. The summed E-state index contributed by atoms with van der Waals surface area (Å²) in [5.41, 5.74) is -5.30. The average Bonchev–Trinajstić information content (AvgIpc) is 2.16. The Labute approximate surface area is 103 Å². The second-order valence-corrected chi connectivity index (χ2v) is 5.53. The van der Waals surface area contributed by atoms with Crippen LogP contribution in [0.3, 0.4) is 0 Å². The molecule has 0 aliphatic heterocycles. The molecule has 7 nitrogen and oxygen atoms in total. The minimum atomic E-state index is -5.34. The molecule has 0 aromatic rings. The van der Waals surface area contributed by atoms with Crippen molar-refractivity contribution in [2.24, 2.45) is 0 Å². The van der Waals surface area contributed by atoms with Gasteiger partial charge in [-0.05, 0) is 13.8 Å². The minimum absolute atomic E-state index is 0.188. The van der Waals surface area contributed by atoms with E-state index in [1.807, 2.05) is 0 Å². The lowest BCUT2D eigenvalue weighted by molar-refractivity contribution is -0.0526. The van der Waals surface area contributed by atoms with E-state index in [2.05, 4.69) is 13.2 Å². The van der Waals surface area contributed by atoms with Crippen molar-refractivity contribution in [3.8, 4) is 0 Å². The standard InChI is InChI=1S/C4H11O4P.C2H3F3O3S/c1-3-7-9(5,6)8-4-2;1-8-9(6,7)2(3,4)5/h3-4H2,1-2H3,(H,5,6);1H3. The quantitative estimate of drug-likeness (QED) is 0.467. The van der Waals surface area contributed by atoms with Gasteiger partial charge in [0.15, 0.2) is 0 Å². The zero-order valence-electron chi connectivity index (χ0n) is 9.80. The molecule has 0 saturated carbocycles. The molecular weight excluding hydrogens is 304 g/mol. The van der Waals surface area contributed by atoms with Crippen molar-refractivity contribution in [1.29, 1.82) is 0 Å². The van der Waals surface area contributed by atoms with Crippen LogP contribution in [0.15, 0.2) is 0 Å². The number of hydrogen-bond acceptors (Lipinski definition) is 6. The minimum Gasteiger partial charge on any atom is -0.302 e. The molecule has 0 aromatic heterocycles. The summed E-state index contributed by atoms with van der Waals surface area (Å²) in [5, 5.41) is 0. The molecule has 0 radical (unpaired) electrons. The van der Waals surface area contributed by atoms with Crippen LogP contribution in [0, 0.1) is 0 Å². The van der Waals surface area contributed by atoms with Gasteiger partial charge in [0.2, 0.25) is 0 Å². The molecule has 0 aromatic carbocycles. The van der Waals surface area contributed by atoms with Crippen LogP contribution >= 0.6 is 7.82 Å². The van der Waals surface area contributed by atoms with E-state index in [1.54, 1.807) is 13.8 Å². The van der Waals surface area contributed by atoms with Crippen LogP contribution in [-0.2, 0) is 27.9 Å². The third-order valence-corrected chi connectivity index (χ3v) is 3.26. The molecule has 0 spiro atoms. The van der Waals surface area contributed by atoms with Crippen molar-refractivity contribution in [3.05, 3.63) is 0 Å². The molecule has 0 amide bonds. The first-order valence-electron chi connectivity index (χ1n) is 4.42. The van der Waals surface area contributed by atoms with Gasteiger partial charge in [0.1, 0.15) is 0 Å². The number of halogens is 3. The summed E-state index contributed by atoms with van der Waals surface area (Å²) in [6.45, 7) is 3.63. The van der Waals surface area contributed by atoms with Crippen molar-refractivity contribution >= 4 is 17.9 Å². The Hall–Kier alpha value is -0.190. The topological polar surface area (TPSA) is 99.1 Å². The predicted octanol–water partition coefficient (Wildman–Crippen LogP) is 1.64. The predicted molar refractivity (Wildman–Crippen MR) is 55.1 cm³/mol. The highest BCUT2D eigenvalue weighted by molar-refractivity contribution is 7.87. The van der Waals surface area contributed by atoms with Crippen molar-refractivity contribution < 1.29 is 44.3 Å². The second kappa shape index (κ2) is 8.08. The lowest BCUT2D eigenvalue weighted by Crippen LogP contribution is -2.23. The van der Waals surface area contributed by atoms with E-state index in [1.165, 1.54) is 0 Å². The van der Waals surface area contributed by atoms with Gasteiger partial charge in [-0.1, -0.05) is 0 Å². The van der Waals surface area contributed by atoms with Crippen LogP contribution in [0.25, 0.3) is 0 Å². The van der Waals surface area contributed by atoms with Gasteiger partial charge < -0.3 is 4.89 Å². The summed E-state index contributed by atoms with van der Waals surface area (Å²) in [6.07, 6.45) is 0. The van der Waals surface area contributed by atoms with Crippen molar-refractivity contribution in [2.45, 2.75) is 19.4 Å². The van der Waals surface area contributed by atoms with Crippen LogP contribution in [0.4, 0.5) is 13.2 Å². The number of phosphoric ester groups is 1. The fraction of sp³-hybridized carbons (Fsp3) is 1.00. The van der Waals surface area contributed by atoms with Gasteiger partial charge in [-0.2, -0.15) is 21.6 Å². The van der Waals surface area contributed by atoms with Crippen LogP contribution in [0.5, 0.6) is 0 Å². The highest BCUT2D eigenvalue weighted by atomic mass is 32.2. The summed E-state index contributed by atoms with van der Waals surface area (Å²) in [5.74, 6) is 0. The summed E-state index contributed by atoms with van der Waals surface area (Å²) in [7, 11) is -8.58. The summed E-state index contributed by atoms with van der Waals surface area (Å²) in [4.78, 5) is 8.63. The SMILES string of the molecule is CCOP(=O)(O)OCC.COS(=O)(=O)C(F)(F)F. The van der Waals surface area contributed by atoms with Gasteiger partial charge in [0, 0.05) is 0 Å². The molecule has 0 rings (SSSR count). The first-order chi connectivity index (χ1) is 7.93. The lowest BCUT2D eigenvalue weighted by Gasteiger charge is -2.07. The summed E-state index contributed by atoms with van der Waals surface area (Å²) < 4.78 is 75.1. The van der Waals surface area contributed by atoms with Crippen LogP contribution in [0.1, 0.15) is 13.8 Å². The maximum atomic E-state index is 11.1. The lowest BCUT2D eigenvalue weighted by atomic mass is 10.9. The van der Waals surface area contributed by atoms with E-state index in [9.17, 15) is 26.2 Å². The van der Waals surface area contributed by atoms with Crippen LogP contribution in [-0.4, -0.2) is 39.1 Å². The molecule has 12 heteroatoms. The second-order valence-electron chi connectivity index (χ2n) is 2.37. The molecule has 0 fully saturated rings. The maximum absolute atomic E-state index is 11.1. The zero-order chi connectivity index (χ0) is 15.0. The molecule has 112 valence electrons. The molecule has 0 bridgehead atoms. The van der Waals surface area contributed by atoms with Gasteiger partial charge in [0.25, 0.3) is 0 Å². The molecule has 0 aliphatic carbocycles. The molecule has 1 N–H and O–H groups in total. The smallest absolute Gasteiger partial charge is 0.302 e. The Kier molecular flexibility index (Phi) is 9.03. The fourth-order valence-electron chi connectivity index (χ4n) is 0.458. The van der Waals surface area contributed by atoms with Crippen LogP contribution < -0.4 is 0 Å². The van der Waals surface area contributed by atoms with Gasteiger partial charge in [-0.25, -0.2) is 4.57 Å². The van der Waals surface area contributed by atoms with Gasteiger partial charge in [-0.3, -0.25) is 13.2 Å². The van der Waals surface area contributed by atoms with E-state index in [4.69, 9.17) is 4.89 Å². The van der Waals surface area contributed by atoms with E-state index in [-0.39, 0.29) is 13.2 Å². The Morgan fingerprint density at radius 3 is 1.61 bits per heavy atom. The van der Waals surface area contributed by atoms with Crippen molar-refractivity contribution in [3.63, 3.8) is 0 Å². The molecule has 0 heterocycles. The Balaban J connectivity index is 0. The third kappa shape index (κ3) is 8.84. The molecule has 0 atom stereocenters. The largest absolute Gasteiger partial charge is 0.523 e. The first-order valence-corrected chi connectivity index (χ1v) is 7.32. The van der Waals surface area contributed by atoms with Crippen LogP contribution in [0.2, 0.25) is 0 Å². The summed E-state index contributed by atoms with van der Waals surface area (Å²) in [6, 6.07) is 0. The molecule has 0 aliphatic rings. The van der Waals surface area contributed by atoms with E-state index >= 15 is 0 Å². The monoisotopic (exact) mass is 318 g/mol. The van der Waals surface area contributed by atoms with Gasteiger partial charge in [0.05, 0.1) is 20.3 Å². The average molecular weight is 318 g/mol. The normalized spacial score (nSPS) is 12.8. The third-order valence-electron chi connectivity index (χ3n) is 1.09. The highest BCUT2D eigenvalue weighted by Crippen LogP contribution is 2.42. The molecule has 18 heavy (non-hydrogen) atoms. The Morgan fingerprint density at radius 1 is 1.17 bits per heavy atom. The number of phosphoric acid groups is 1. The van der Waals surface area contributed by atoms with E-state index < -0.39 is 23.4 Å². The number of hydrogen-bond donors (Lipinski definition) is 1. The van der Waals surface area contributed by atoms with Gasteiger partial charge >= 0.3 is 23.4 Å². The Morgan fingerprint density at radius 2 is 1.50 bits per heavy atom. The van der Waals surface area contributed by atoms with E-state index in [0.29, 0.717) is 7.11 Å². The van der Waals surface area contributed by atoms with E-state index in [0.717, 1.165) is 0 Å². The summed E-state index contributed by atoms with van der Waals surface area (Å²) >= 11 is 0. The molecule has 0 saturated heterocycles. The van der Waals surface area contributed by atoms with Crippen molar-refractivity contribution in [2.75, 3.05) is 20.3 Å². The van der Waals surface area contributed by atoms with Gasteiger partial charge in [-0.15, -0.1) is 0 Å². The Bertz CT molecular complexity index is 356. The number of alkyl halides is 3. The maximum Gasteiger partial charge on any atom is 0.523 e.